The lowest BCUT2D eigenvalue weighted by atomic mass is 10.1. The highest BCUT2D eigenvalue weighted by molar-refractivity contribution is 5.77. The Morgan fingerprint density at radius 1 is 0.533 bits per heavy atom. The number of carbonyl (C=O) groups is 4. The van der Waals surface area contributed by atoms with Crippen LogP contribution < -0.4 is 10.6 Å². The summed E-state index contributed by atoms with van der Waals surface area (Å²) in [6.45, 7) is 4.78. The monoisotopic (exact) mass is 430 g/mol. The number of hydrogen-bond acceptors (Lipinski definition) is 4. The van der Waals surface area contributed by atoms with E-state index in [1.165, 1.54) is 38.5 Å². The van der Waals surface area contributed by atoms with Gasteiger partial charge in [0.1, 0.15) is 0 Å². The van der Waals surface area contributed by atoms with Crippen LogP contribution in [0.4, 0.5) is 0 Å². The molecule has 8 nitrogen and oxygen atoms in total. The highest BCUT2D eigenvalue weighted by atomic mass is 16.4. The minimum atomic E-state index is -0.877. The zero-order valence-electron chi connectivity index (χ0n) is 18.8. The van der Waals surface area contributed by atoms with Crippen LogP contribution in [-0.4, -0.2) is 47.1 Å². The molecule has 0 bridgehead atoms. The van der Waals surface area contributed by atoms with Gasteiger partial charge in [0, 0.05) is 25.9 Å². The minimum Gasteiger partial charge on any atom is -0.481 e. The molecule has 0 heterocycles. The second-order valence-electron chi connectivity index (χ2n) is 7.32. The van der Waals surface area contributed by atoms with E-state index in [9.17, 15) is 19.2 Å². The number of carboxylic acid groups (broad SMARTS) is 2. The normalized spacial score (nSPS) is 9.93. The van der Waals surface area contributed by atoms with Crippen LogP contribution in [0.3, 0.4) is 0 Å². The molecule has 2 amide bonds. The summed E-state index contributed by atoms with van der Waals surface area (Å²) in [7, 11) is 0. The van der Waals surface area contributed by atoms with Crippen molar-refractivity contribution in [2.24, 2.45) is 0 Å². The number of rotatable bonds is 18. The van der Waals surface area contributed by atoms with Crippen LogP contribution in [0.25, 0.3) is 0 Å². The number of carboxylic acids is 2. The first kappa shape index (κ1) is 30.1. The van der Waals surface area contributed by atoms with Crippen molar-refractivity contribution in [3.05, 3.63) is 0 Å². The molecular formula is C22H42N2O6. The fourth-order valence-electron chi connectivity index (χ4n) is 2.57. The molecule has 8 heteroatoms. The second kappa shape index (κ2) is 23.2. The highest BCUT2D eigenvalue weighted by Gasteiger charge is 2.03. The summed E-state index contributed by atoms with van der Waals surface area (Å²) in [6, 6.07) is 0. The van der Waals surface area contributed by atoms with Gasteiger partial charge in [-0.2, -0.15) is 0 Å². The van der Waals surface area contributed by atoms with Crippen molar-refractivity contribution < 1.29 is 29.4 Å². The van der Waals surface area contributed by atoms with E-state index in [1.54, 1.807) is 0 Å². The van der Waals surface area contributed by atoms with E-state index in [-0.39, 0.29) is 37.7 Å². The summed E-state index contributed by atoms with van der Waals surface area (Å²) in [5.41, 5.74) is 0. The van der Waals surface area contributed by atoms with Gasteiger partial charge < -0.3 is 20.8 Å². The predicted molar refractivity (Wildman–Crippen MR) is 117 cm³/mol. The molecule has 0 aliphatic rings. The Balaban J connectivity index is 0. The minimum absolute atomic E-state index is 0.00156. The van der Waals surface area contributed by atoms with Gasteiger partial charge in [-0.3, -0.25) is 19.2 Å². The number of amides is 2. The Bertz CT molecular complexity index is 427. The van der Waals surface area contributed by atoms with Crippen LogP contribution in [0.5, 0.6) is 0 Å². The van der Waals surface area contributed by atoms with Crippen molar-refractivity contribution in [1.29, 1.82) is 0 Å². The molecule has 0 rings (SSSR count). The summed E-state index contributed by atoms with van der Waals surface area (Å²) in [4.78, 5) is 42.6. The number of nitrogens with one attached hydrogen (secondary N) is 2. The van der Waals surface area contributed by atoms with Gasteiger partial charge in [-0.1, -0.05) is 65.2 Å². The zero-order chi connectivity index (χ0) is 23.0. The van der Waals surface area contributed by atoms with Gasteiger partial charge >= 0.3 is 11.9 Å². The molecule has 0 saturated carbocycles. The second-order valence-corrected chi connectivity index (χ2v) is 7.32. The average molecular weight is 431 g/mol. The summed E-state index contributed by atoms with van der Waals surface area (Å²) in [5.74, 6) is -1.82. The average Bonchev–Trinajstić information content (AvgIpc) is 2.67. The van der Waals surface area contributed by atoms with Crippen molar-refractivity contribution in [2.45, 2.75) is 104 Å². The maximum Gasteiger partial charge on any atom is 0.305 e. The van der Waals surface area contributed by atoms with Crippen molar-refractivity contribution >= 4 is 23.8 Å². The first-order valence-electron chi connectivity index (χ1n) is 11.3. The molecule has 176 valence electrons. The van der Waals surface area contributed by atoms with Crippen LogP contribution >= 0.6 is 0 Å². The van der Waals surface area contributed by atoms with Gasteiger partial charge in [0.25, 0.3) is 0 Å². The van der Waals surface area contributed by atoms with Crippen LogP contribution in [-0.2, 0) is 19.2 Å². The zero-order valence-corrected chi connectivity index (χ0v) is 18.8. The third-order valence-electron chi connectivity index (χ3n) is 4.34. The fourth-order valence-corrected chi connectivity index (χ4v) is 2.57. The maximum atomic E-state index is 11.2. The molecule has 0 aromatic rings. The number of hydrogen-bond donors (Lipinski definition) is 4. The molecule has 0 fully saturated rings. The summed E-state index contributed by atoms with van der Waals surface area (Å²) in [6.07, 6.45) is 12.2. The van der Waals surface area contributed by atoms with E-state index in [2.05, 4.69) is 24.5 Å². The number of aliphatic carboxylic acids is 2. The Labute approximate surface area is 181 Å². The lowest BCUT2D eigenvalue weighted by Gasteiger charge is -2.03. The lowest BCUT2D eigenvalue weighted by Crippen LogP contribution is -2.25. The van der Waals surface area contributed by atoms with E-state index < -0.39 is 11.9 Å². The SMILES string of the molecule is CCCCCCCC(=O)NCCC(=O)O.CCCCCCCC(=O)NCCC(=O)O. The fraction of sp³-hybridized carbons (Fsp3) is 0.818. The molecule has 0 saturated heterocycles. The Morgan fingerprint density at radius 3 is 1.17 bits per heavy atom. The maximum absolute atomic E-state index is 11.2. The standard InChI is InChI=1S/2C11H21NO3/c2*1-2-3-4-5-6-7-10(13)12-9-8-11(14)15/h2*2-9H2,1H3,(H,12,13)(H,14,15). The first-order chi connectivity index (χ1) is 14.3. The van der Waals surface area contributed by atoms with Crippen LogP contribution in [0.1, 0.15) is 104 Å². The molecule has 0 unspecified atom stereocenters. The van der Waals surface area contributed by atoms with E-state index in [0.717, 1.165) is 25.7 Å². The molecule has 4 N–H and O–H groups in total. The Kier molecular flexibility index (Phi) is 23.2. The van der Waals surface area contributed by atoms with Gasteiger partial charge in [0.05, 0.1) is 12.8 Å². The molecule has 0 aliphatic heterocycles. The smallest absolute Gasteiger partial charge is 0.305 e. The molecular weight excluding hydrogens is 388 g/mol. The quantitative estimate of drug-likeness (QED) is 0.244. The molecule has 0 spiro atoms. The van der Waals surface area contributed by atoms with Crippen molar-refractivity contribution in [3.8, 4) is 0 Å². The molecule has 0 atom stereocenters. The largest absolute Gasteiger partial charge is 0.481 e. The van der Waals surface area contributed by atoms with Gasteiger partial charge in [0.15, 0.2) is 0 Å². The Hall–Kier alpha value is -2.12. The first-order valence-corrected chi connectivity index (χ1v) is 11.3. The van der Waals surface area contributed by atoms with Crippen LogP contribution in [0.15, 0.2) is 0 Å². The summed E-state index contributed by atoms with van der Waals surface area (Å²) in [5, 5.41) is 21.9. The van der Waals surface area contributed by atoms with Gasteiger partial charge in [-0.15, -0.1) is 0 Å². The van der Waals surface area contributed by atoms with Gasteiger partial charge in [0.2, 0.25) is 11.8 Å². The summed E-state index contributed by atoms with van der Waals surface area (Å²) < 4.78 is 0. The van der Waals surface area contributed by atoms with Gasteiger partial charge in [-0.05, 0) is 12.8 Å². The van der Waals surface area contributed by atoms with Crippen molar-refractivity contribution in [3.63, 3.8) is 0 Å². The highest BCUT2D eigenvalue weighted by Crippen LogP contribution is 2.05. The predicted octanol–water partition coefficient (Wildman–Crippen LogP) is 3.88. The third kappa shape index (κ3) is 28.1. The summed E-state index contributed by atoms with van der Waals surface area (Å²) >= 11 is 0. The van der Waals surface area contributed by atoms with Crippen molar-refractivity contribution in [1.82, 2.24) is 10.6 Å². The topological polar surface area (TPSA) is 133 Å². The van der Waals surface area contributed by atoms with Gasteiger partial charge in [-0.25, -0.2) is 0 Å². The van der Waals surface area contributed by atoms with E-state index in [1.807, 2.05) is 0 Å². The molecule has 0 aliphatic carbocycles. The molecule has 0 radical (unpaired) electrons. The van der Waals surface area contributed by atoms with E-state index >= 15 is 0 Å². The van der Waals surface area contributed by atoms with E-state index in [4.69, 9.17) is 10.2 Å². The van der Waals surface area contributed by atoms with Crippen molar-refractivity contribution in [2.75, 3.05) is 13.1 Å². The molecule has 0 aromatic carbocycles. The number of carbonyl (C=O) groups excluding carboxylic acids is 2. The Morgan fingerprint density at radius 2 is 0.867 bits per heavy atom. The van der Waals surface area contributed by atoms with Crippen LogP contribution in [0.2, 0.25) is 0 Å². The lowest BCUT2D eigenvalue weighted by molar-refractivity contribution is -0.138. The van der Waals surface area contributed by atoms with Crippen LogP contribution in [0, 0.1) is 0 Å². The molecule has 30 heavy (non-hydrogen) atoms. The third-order valence-corrected chi connectivity index (χ3v) is 4.34. The number of unbranched alkanes of at least 4 members (excludes halogenated alkanes) is 8. The van der Waals surface area contributed by atoms with E-state index in [0.29, 0.717) is 12.8 Å². The molecule has 0 aromatic heterocycles.